The fraction of sp³-hybridized carbons (Fsp3) is 0.100. The first-order valence-electron chi connectivity index (χ1n) is 3.60. The van der Waals surface area contributed by atoms with Gasteiger partial charge in [0, 0.05) is 5.56 Å². The fourth-order valence-electron chi connectivity index (χ4n) is 0.948. The molecule has 0 heterocycles. The average Bonchev–Trinajstić information content (AvgIpc) is 2.17. The first kappa shape index (κ1) is 9.30. The summed E-state index contributed by atoms with van der Waals surface area (Å²) < 4.78 is 0. The third kappa shape index (κ3) is 1.53. The lowest BCUT2D eigenvalue weighted by Crippen LogP contribution is -2.33. The monoisotopic (exact) mass is 176 g/mol. The summed E-state index contributed by atoms with van der Waals surface area (Å²) >= 11 is 0. The Kier molecular flexibility index (Phi) is 2.36. The summed E-state index contributed by atoms with van der Waals surface area (Å²) in [6.45, 7) is 0. The number of carboxylic acid groups (broad SMARTS) is 1. The van der Waals surface area contributed by atoms with E-state index in [1.165, 1.54) is 12.1 Å². The van der Waals surface area contributed by atoms with Gasteiger partial charge >= 0.3 is 5.97 Å². The maximum Gasteiger partial charge on any atom is 0.353 e. The van der Waals surface area contributed by atoms with Crippen molar-refractivity contribution in [3.8, 4) is 12.3 Å². The molecule has 0 aliphatic heterocycles. The third-order valence-electron chi connectivity index (χ3n) is 1.71. The van der Waals surface area contributed by atoms with Crippen LogP contribution >= 0.6 is 0 Å². The van der Waals surface area contributed by atoms with Crippen LogP contribution in [0.3, 0.4) is 0 Å². The van der Waals surface area contributed by atoms with Crippen LogP contribution in [0.5, 0.6) is 0 Å². The van der Waals surface area contributed by atoms with E-state index in [4.69, 9.17) is 11.5 Å². The second-order valence-electron chi connectivity index (χ2n) is 2.53. The highest BCUT2D eigenvalue weighted by atomic mass is 16.4. The zero-order valence-corrected chi connectivity index (χ0v) is 6.77. The summed E-state index contributed by atoms with van der Waals surface area (Å²) in [6.07, 6.45) is 4.96. The molecule has 66 valence electrons. The predicted molar refractivity (Wildman–Crippen MR) is 46.8 cm³/mol. The van der Waals surface area contributed by atoms with Gasteiger partial charge in [0.15, 0.2) is 0 Å². The molecule has 0 amide bonds. The second kappa shape index (κ2) is 3.30. The van der Waals surface area contributed by atoms with E-state index in [1.807, 2.05) is 5.92 Å². The molecular formula is C10H8O3. The molecule has 0 fully saturated rings. The summed E-state index contributed by atoms with van der Waals surface area (Å²) in [4.78, 5) is 10.7. The predicted octanol–water partition coefficient (Wildman–Crippen LogP) is 0.592. The van der Waals surface area contributed by atoms with E-state index in [2.05, 4.69) is 0 Å². The van der Waals surface area contributed by atoms with E-state index < -0.39 is 11.6 Å². The van der Waals surface area contributed by atoms with Crippen LogP contribution in [0.4, 0.5) is 0 Å². The Labute approximate surface area is 75.6 Å². The van der Waals surface area contributed by atoms with Crippen molar-refractivity contribution < 1.29 is 15.0 Å². The molecular weight excluding hydrogens is 168 g/mol. The minimum Gasteiger partial charge on any atom is -0.478 e. The van der Waals surface area contributed by atoms with Gasteiger partial charge in [0.05, 0.1) is 0 Å². The summed E-state index contributed by atoms with van der Waals surface area (Å²) in [5, 5.41) is 18.2. The van der Waals surface area contributed by atoms with Crippen LogP contribution in [-0.4, -0.2) is 16.2 Å². The number of aliphatic hydroxyl groups is 1. The van der Waals surface area contributed by atoms with Crippen molar-refractivity contribution in [2.45, 2.75) is 5.60 Å². The first-order chi connectivity index (χ1) is 6.11. The molecule has 1 aromatic rings. The molecule has 0 aliphatic carbocycles. The van der Waals surface area contributed by atoms with Crippen LogP contribution in [0, 0.1) is 12.3 Å². The van der Waals surface area contributed by atoms with E-state index in [9.17, 15) is 9.90 Å². The molecule has 13 heavy (non-hydrogen) atoms. The van der Waals surface area contributed by atoms with Crippen molar-refractivity contribution in [1.82, 2.24) is 0 Å². The Morgan fingerprint density at radius 2 is 1.92 bits per heavy atom. The Morgan fingerprint density at radius 3 is 2.31 bits per heavy atom. The molecule has 0 radical (unpaired) electrons. The zero-order valence-electron chi connectivity index (χ0n) is 6.77. The van der Waals surface area contributed by atoms with Crippen LogP contribution < -0.4 is 0 Å². The quantitative estimate of drug-likeness (QED) is 0.648. The Bertz CT molecular complexity index is 350. The highest BCUT2D eigenvalue weighted by Gasteiger charge is 2.35. The largest absolute Gasteiger partial charge is 0.478 e. The maximum absolute atomic E-state index is 10.7. The molecule has 2 N–H and O–H groups in total. The van der Waals surface area contributed by atoms with E-state index >= 15 is 0 Å². The highest BCUT2D eigenvalue weighted by Crippen LogP contribution is 2.19. The van der Waals surface area contributed by atoms with Gasteiger partial charge in [0.25, 0.3) is 0 Å². The fourth-order valence-corrected chi connectivity index (χ4v) is 0.948. The lowest BCUT2D eigenvalue weighted by molar-refractivity contribution is -0.153. The van der Waals surface area contributed by atoms with Crippen molar-refractivity contribution in [3.05, 3.63) is 35.9 Å². The number of carbonyl (C=O) groups is 1. The highest BCUT2D eigenvalue weighted by molar-refractivity contribution is 5.83. The number of benzene rings is 1. The molecule has 1 aromatic carbocycles. The van der Waals surface area contributed by atoms with Crippen LogP contribution in [-0.2, 0) is 10.4 Å². The van der Waals surface area contributed by atoms with Gasteiger partial charge in [0.1, 0.15) is 0 Å². The number of aliphatic carboxylic acids is 1. The second-order valence-corrected chi connectivity index (χ2v) is 2.53. The van der Waals surface area contributed by atoms with Gasteiger partial charge in [-0.3, -0.25) is 0 Å². The van der Waals surface area contributed by atoms with Crippen LogP contribution in [0.2, 0.25) is 0 Å². The number of hydrogen-bond acceptors (Lipinski definition) is 2. The van der Waals surface area contributed by atoms with E-state index in [1.54, 1.807) is 18.2 Å². The summed E-state index contributed by atoms with van der Waals surface area (Å²) in [6, 6.07) is 7.87. The minimum absolute atomic E-state index is 0.185. The normalized spacial score (nSPS) is 14.2. The lowest BCUT2D eigenvalue weighted by Gasteiger charge is -2.16. The molecule has 0 saturated heterocycles. The topological polar surface area (TPSA) is 57.5 Å². The summed E-state index contributed by atoms with van der Waals surface area (Å²) in [5.74, 6) is 0.407. The van der Waals surface area contributed by atoms with E-state index in [-0.39, 0.29) is 5.56 Å². The Morgan fingerprint density at radius 1 is 1.38 bits per heavy atom. The first-order valence-corrected chi connectivity index (χ1v) is 3.60. The molecule has 0 aromatic heterocycles. The van der Waals surface area contributed by atoms with Crippen LogP contribution in [0.15, 0.2) is 30.3 Å². The molecule has 0 bridgehead atoms. The number of rotatable bonds is 2. The smallest absolute Gasteiger partial charge is 0.353 e. The van der Waals surface area contributed by atoms with Gasteiger partial charge in [-0.15, -0.1) is 6.42 Å². The van der Waals surface area contributed by atoms with Gasteiger partial charge in [-0.25, -0.2) is 4.79 Å². The molecule has 0 unspecified atom stereocenters. The SMILES string of the molecule is C#C[C@@](O)(C(=O)O)c1ccccc1. The molecule has 3 heteroatoms. The van der Waals surface area contributed by atoms with Gasteiger partial charge in [-0.1, -0.05) is 36.3 Å². The van der Waals surface area contributed by atoms with Crippen molar-refractivity contribution in [1.29, 1.82) is 0 Å². The van der Waals surface area contributed by atoms with Crippen molar-refractivity contribution in [3.63, 3.8) is 0 Å². The van der Waals surface area contributed by atoms with Crippen LogP contribution in [0.25, 0.3) is 0 Å². The van der Waals surface area contributed by atoms with E-state index in [0.717, 1.165) is 0 Å². The maximum atomic E-state index is 10.7. The third-order valence-corrected chi connectivity index (χ3v) is 1.71. The standard InChI is InChI=1S/C10H8O3/c1-2-10(13,9(11)12)8-6-4-3-5-7-8/h1,3-7,13H,(H,11,12)/t10-/m0/s1. The summed E-state index contributed by atoms with van der Waals surface area (Å²) in [7, 11) is 0. The van der Waals surface area contributed by atoms with Crippen LogP contribution in [0.1, 0.15) is 5.56 Å². The lowest BCUT2D eigenvalue weighted by atomic mass is 9.95. The molecule has 0 spiro atoms. The molecule has 0 saturated carbocycles. The number of hydrogen-bond donors (Lipinski definition) is 2. The van der Waals surface area contributed by atoms with Crippen molar-refractivity contribution >= 4 is 5.97 Å². The van der Waals surface area contributed by atoms with Gasteiger partial charge < -0.3 is 10.2 Å². The Balaban J connectivity index is 3.21. The molecule has 1 rings (SSSR count). The van der Waals surface area contributed by atoms with Crippen molar-refractivity contribution in [2.24, 2.45) is 0 Å². The van der Waals surface area contributed by atoms with E-state index in [0.29, 0.717) is 0 Å². The van der Waals surface area contributed by atoms with Gasteiger partial charge in [-0.05, 0) is 0 Å². The molecule has 3 nitrogen and oxygen atoms in total. The van der Waals surface area contributed by atoms with Crippen molar-refractivity contribution in [2.75, 3.05) is 0 Å². The molecule has 1 atom stereocenters. The zero-order chi connectivity index (χ0) is 9.90. The number of carboxylic acids is 1. The number of terminal acetylenes is 1. The average molecular weight is 176 g/mol. The molecule has 0 aliphatic rings. The summed E-state index contributed by atoms with van der Waals surface area (Å²) in [5.41, 5.74) is -2.04. The Hall–Kier alpha value is -1.79. The van der Waals surface area contributed by atoms with Gasteiger partial charge in [0.2, 0.25) is 5.60 Å². The minimum atomic E-state index is -2.22. The van der Waals surface area contributed by atoms with Gasteiger partial charge in [-0.2, -0.15) is 0 Å².